The number of benzene rings is 4. The van der Waals surface area contributed by atoms with Gasteiger partial charge >= 0.3 is 0 Å². The Hall–Kier alpha value is -5.16. The molecule has 11 heteroatoms. The summed E-state index contributed by atoms with van der Waals surface area (Å²) in [5.41, 5.74) is 4.34. The minimum atomic E-state index is -4.05. The van der Waals surface area contributed by atoms with Gasteiger partial charge in [0.05, 0.1) is 29.4 Å². The molecule has 10 nitrogen and oxygen atoms in total. The van der Waals surface area contributed by atoms with Gasteiger partial charge in [0.1, 0.15) is 18.0 Å². The third-order valence-electron chi connectivity index (χ3n) is 6.38. The van der Waals surface area contributed by atoms with Gasteiger partial charge in [-0.2, -0.15) is 5.10 Å². The molecule has 2 N–H and O–H groups in total. The van der Waals surface area contributed by atoms with E-state index in [1.54, 1.807) is 66.7 Å². The number of ether oxygens (including phenoxy) is 2. The van der Waals surface area contributed by atoms with Crippen LogP contribution in [0.2, 0.25) is 0 Å². The Morgan fingerprint density at radius 3 is 2.05 bits per heavy atom. The van der Waals surface area contributed by atoms with Crippen molar-refractivity contribution in [3.05, 3.63) is 120 Å². The number of carbonyl (C=O) groups excluding carboxylic acids is 2. The van der Waals surface area contributed by atoms with Crippen LogP contribution in [0, 0.1) is 0 Å². The van der Waals surface area contributed by atoms with Gasteiger partial charge in [-0.3, -0.25) is 13.9 Å². The monoisotopic (exact) mass is 614 g/mol. The molecule has 0 fully saturated rings. The molecule has 4 aromatic carbocycles. The van der Waals surface area contributed by atoms with Gasteiger partial charge in [0, 0.05) is 0 Å². The molecular formula is C33H34N4O6S. The molecule has 0 heterocycles. The summed E-state index contributed by atoms with van der Waals surface area (Å²) in [5, 5.41) is 6.87. The summed E-state index contributed by atoms with van der Waals surface area (Å²) in [7, 11) is -4.05. The first kappa shape index (κ1) is 31.8. The fourth-order valence-electron chi connectivity index (χ4n) is 4.16. The van der Waals surface area contributed by atoms with E-state index in [1.807, 2.05) is 44.2 Å². The minimum Gasteiger partial charge on any atom is -0.494 e. The Labute approximate surface area is 257 Å². The maximum absolute atomic E-state index is 13.5. The largest absolute Gasteiger partial charge is 0.494 e. The fraction of sp³-hybridized carbons (Fsp3) is 0.182. The summed E-state index contributed by atoms with van der Waals surface area (Å²) in [4.78, 5) is 25.2. The number of amides is 2. The average molecular weight is 615 g/mol. The molecule has 0 aliphatic rings. The molecule has 0 aliphatic heterocycles. The number of sulfonamides is 1. The lowest BCUT2D eigenvalue weighted by molar-refractivity contribution is -0.123. The number of nitrogens with zero attached hydrogens (tertiary/aromatic N) is 2. The van der Waals surface area contributed by atoms with Crippen LogP contribution in [0.1, 0.15) is 31.0 Å². The average Bonchev–Trinajstić information content (AvgIpc) is 3.04. The van der Waals surface area contributed by atoms with E-state index in [4.69, 9.17) is 9.47 Å². The van der Waals surface area contributed by atoms with E-state index in [0.29, 0.717) is 29.4 Å². The first-order chi connectivity index (χ1) is 21.3. The van der Waals surface area contributed by atoms with E-state index >= 15 is 0 Å². The predicted molar refractivity (Wildman–Crippen MR) is 169 cm³/mol. The molecule has 4 rings (SSSR count). The second kappa shape index (κ2) is 15.4. The molecule has 2 amide bonds. The van der Waals surface area contributed by atoms with Crippen molar-refractivity contribution in [2.75, 3.05) is 24.1 Å². The van der Waals surface area contributed by atoms with Gasteiger partial charge in [-0.05, 0) is 85.6 Å². The highest BCUT2D eigenvalue weighted by atomic mass is 32.2. The first-order valence-electron chi connectivity index (χ1n) is 14.0. The molecule has 0 radical (unpaired) electrons. The van der Waals surface area contributed by atoms with Crippen LogP contribution in [0.3, 0.4) is 0 Å². The lowest BCUT2D eigenvalue weighted by Gasteiger charge is -2.24. The topological polar surface area (TPSA) is 126 Å². The van der Waals surface area contributed by atoms with Crippen LogP contribution in [-0.4, -0.2) is 46.2 Å². The smallest absolute Gasteiger partial charge is 0.264 e. The normalized spacial score (nSPS) is 11.9. The Kier molecular flexibility index (Phi) is 11.1. The molecule has 0 unspecified atom stereocenters. The maximum atomic E-state index is 13.5. The predicted octanol–water partition coefficient (Wildman–Crippen LogP) is 4.69. The molecule has 0 aliphatic carbocycles. The summed E-state index contributed by atoms with van der Waals surface area (Å²) in [6.45, 7) is 3.58. The van der Waals surface area contributed by atoms with Crippen molar-refractivity contribution in [2.24, 2.45) is 5.10 Å². The van der Waals surface area contributed by atoms with Crippen molar-refractivity contribution in [3.63, 3.8) is 0 Å². The van der Waals surface area contributed by atoms with Crippen LogP contribution in [-0.2, 0) is 19.6 Å². The second-order valence-corrected chi connectivity index (χ2v) is 11.5. The standard InChI is InChI=1S/C33H34N4O6S/c1-3-42-29-20-16-28(17-21-29)37(44(40,41)31-12-8-5-9-13-31)23-32(38)36-34-22-26-14-18-30(19-15-26)43-24-33(39)35-25(2)27-10-6-4-7-11-27/h4-22,25H,3,23-24H2,1-2H3,(H,35,39)(H,36,38)/b34-22-/t25-/m0/s1. The molecule has 4 aromatic rings. The van der Waals surface area contributed by atoms with E-state index in [2.05, 4.69) is 15.8 Å². The van der Waals surface area contributed by atoms with Crippen LogP contribution >= 0.6 is 0 Å². The highest BCUT2D eigenvalue weighted by molar-refractivity contribution is 7.92. The zero-order chi connectivity index (χ0) is 31.4. The second-order valence-electron chi connectivity index (χ2n) is 9.60. The van der Waals surface area contributed by atoms with E-state index in [1.165, 1.54) is 18.3 Å². The van der Waals surface area contributed by atoms with Crippen LogP contribution in [0.15, 0.2) is 119 Å². The molecular weight excluding hydrogens is 580 g/mol. The Balaban J connectivity index is 1.33. The van der Waals surface area contributed by atoms with Gasteiger partial charge in [0.15, 0.2) is 6.61 Å². The number of hydrazone groups is 1. The molecule has 0 saturated carbocycles. The third kappa shape index (κ3) is 8.92. The number of carbonyl (C=O) groups is 2. The molecule has 0 spiro atoms. The van der Waals surface area contributed by atoms with Gasteiger partial charge in [-0.25, -0.2) is 13.8 Å². The van der Waals surface area contributed by atoms with Crippen molar-refractivity contribution in [3.8, 4) is 11.5 Å². The summed E-state index contributed by atoms with van der Waals surface area (Å²) in [6.07, 6.45) is 1.42. The van der Waals surface area contributed by atoms with E-state index < -0.39 is 22.5 Å². The first-order valence-corrected chi connectivity index (χ1v) is 15.4. The third-order valence-corrected chi connectivity index (χ3v) is 8.17. The van der Waals surface area contributed by atoms with Crippen molar-refractivity contribution in [1.82, 2.24) is 10.7 Å². The number of hydrogen-bond donors (Lipinski definition) is 2. The van der Waals surface area contributed by atoms with Crippen LogP contribution in [0.5, 0.6) is 11.5 Å². The Morgan fingerprint density at radius 1 is 0.818 bits per heavy atom. The van der Waals surface area contributed by atoms with Gasteiger partial charge < -0.3 is 14.8 Å². The van der Waals surface area contributed by atoms with Crippen LogP contribution in [0.4, 0.5) is 5.69 Å². The summed E-state index contributed by atoms with van der Waals surface area (Å²) in [6, 6.07) is 30.6. The zero-order valence-electron chi connectivity index (χ0n) is 24.4. The van der Waals surface area contributed by atoms with Gasteiger partial charge in [-0.1, -0.05) is 48.5 Å². The van der Waals surface area contributed by atoms with Crippen molar-refractivity contribution < 1.29 is 27.5 Å². The lowest BCUT2D eigenvalue weighted by atomic mass is 10.1. The summed E-state index contributed by atoms with van der Waals surface area (Å²) >= 11 is 0. The molecule has 0 bridgehead atoms. The summed E-state index contributed by atoms with van der Waals surface area (Å²) in [5.74, 6) is 0.194. The molecule has 0 aromatic heterocycles. The van der Waals surface area contributed by atoms with Crippen molar-refractivity contribution >= 4 is 33.7 Å². The highest BCUT2D eigenvalue weighted by Gasteiger charge is 2.27. The molecule has 0 saturated heterocycles. The number of nitrogens with one attached hydrogen (secondary N) is 2. The molecule has 1 atom stereocenters. The highest BCUT2D eigenvalue weighted by Crippen LogP contribution is 2.26. The Morgan fingerprint density at radius 2 is 1.41 bits per heavy atom. The SMILES string of the molecule is CCOc1ccc(N(CC(=O)N/N=C\c2ccc(OCC(=O)N[C@@H](C)c3ccccc3)cc2)S(=O)(=O)c2ccccc2)cc1. The number of rotatable bonds is 14. The minimum absolute atomic E-state index is 0.0516. The number of anilines is 1. The molecule has 44 heavy (non-hydrogen) atoms. The lowest BCUT2D eigenvalue weighted by Crippen LogP contribution is -2.39. The quantitative estimate of drug-likeness (QED) is 0.157. The number of hydrogen-bond acceptors (Lipinski definition) is 7. The van der Waals surface area contributed by atoms with Gasteiger partial charge in [-0.15, -0.1) is 0 Å². The molecule has 228 valence electrons. The van der Waals surface area contributed by atoms with Crippen molar-refractivity contribution in [2.45, 2.75) is 24.8 Å². The zero-order valence-corrected chi connectivity index (χ0v) is 25.2. The van der Waals surface area contributed by atoms with E-state index in [-0.39, 0.29) is 23.5 Å². The van der Waals surface area contributed by atoms with E-state index in [9.17, 15) is 18.0 Å². The van der Waals surface area contributed by atoms with Crippen LogP contribution in [0.25, 0.3) is 0 Å². The van der Waals surface area contributed by atoms with Crippen molar-refractivity contribution in [1.29, 1.82) is 0 Å². The van der Waals surface area contributed by atoms with Crippen LogP contribution < -0.4 is 24.5 Å². The Bertz CT molecular complexity index is 1650. The summed E-state index contributed by atoms with van der Waals surface area (Å²) < 4.78 is 39.0. The van der Waals surface area contributed by atoms with Gasteiger partial charge in [0.2, 0.25) is 0 Å². The van der Waals surface area contributed by atoms with E-state index in [0.717, 1.165) is 9.87 Å². The van der Waals surface area contributed by atoms with Gasteiger partial charge in [0.25, 0.3) is 21.8 Å². The fourth-order valence-corrected chi connectivity index (χ4v) is 5.60. The maximum Gasteiger partial charge on any atom is 0.264 e.